The zero-order chi connectivity index (χ0) is 16.4. The normalized spacial score (nSPS) is 24.0. The van der Waals surface area contributed by atoms with Crippen molar-refractivity contribution in [3.8, 4) is 0 Å². The van der Waals surface area contributed by atoms with Crippen LogP contribution in [0, 0.1) is 0 Å². The lowest BCUT2D eigenvalue weighted by Crippen LogP contribution is -2.57. The molecule has 1 aromatic rings. The van der Waals surface area contributed by atoms with Gasteiger partial charge in [-0.3, -0.25) is 4.79 Å². The number of benzene rings is 1. The molecule has 8 heteroatoms. The number of hydrogen-bond donors (Lipinski definition) is 1. The van der Waals surface area contributed by atoms with Crippen LogP contribution in [0.5, 0.6) is 0 Å². The van der Waals surface area contributed by atoms with Crippen LogP contribution in [0.15, 0.2) is 29.2 Å². The maximum absolute atomic E-state index is 12.8. The number of halogens is 1. The average molecular weight is 358 g/mol. The molecule has 1 aromatic carbocycles. The van der Waals surface area contributed by atoms with Crippen LogP contribution in [0.3, 0.4) is 0 Å². The molecule has 6 nitrogen and oxygen atoms in total. The summed E-state index contributed by atoms with van der Waals surface area (Å²) in [7, 11) is -3.55. The van der Waals surface area contributed by atoms with E-state index in [1.807, 2.05) is 4.90 Å². The third-order valence-electron chi connectivity index (χ3n) is 4.38. The van der Waals surface area contributed by atoms with Crippen LogP contribution < -0.4 is 5.32 Å². The molecule has 2 fully saturated rings. The summed E-state index contributed by atoms with van der Waals surface area (Å²) in [5.74, 6) is 0.0481. The zero-order valence-electron chi connectivity index (χ0n) is 12.7. The first-order chi connectivity index (χ1) is 11.0. The molecule has 0 spiro atoms. The van der Waals surface area contributed by atoms with Gasteiger partial charge in [0.05, 0.1) is 11.4 Å². The van der Waals surface area contributed by atoms with Crippen molar-refractivity contribution >= 4 is 27.5 Å². The second-order valence-electron chi connectivity index (χ2n) is 5.88. The molecular weight excluding hydrogens is 338 g/mol. The predicted octanol–water partition coefficient (Wildman–Crippen LogP) is 0.925. The van der Waals surface area contributed by atoms with Crippen molar-refractivity contribution in [1.82, 2.24) is 14.5 Å². The van der Waals surface area contributed by atoms with E-state index in [2.05, 4.69) is 5.32 Å². The number of amides is 1. The summed E-state index contributed by atoms with van der Waals surface area (Å²) in [5.41, 5.74) is 0. The molecule has 0 bridgehead atoms. The highest BCUT2D eigenvalue weighted by molar-refractivity contribution is 7.89. The fourth-order valence-electron chi connectivity index (χ4n) is 3.16. The topological polar surface area (TPSA) is 69.7 Å². The van der Waals surface area contributed by atoms with Crippen LogP contribution in [0.1, 0.15) is 12.8 Å². The summed E-state index contributed by atoms with van der Waals surface area (Å²) < 4.78 is 27.0. The second kappa shape index (κ2) is 6.76. The number of hydrogen-bond acceptors (Lipinski definition) is 4. The van der Waals surface area contributed by atoms with Crippen LogP contribution in [0.4, 0.5) is 0 Å². The Morgan fingerprint density at radius 3 is 2.61 bits per heavy atom. The van der Waals surface area contributed by atoms with Gasteiger partial charge in [-0.25, -0.2) is 8.42 Å². The lowest BCUT2D eigenvalue weighted by molar-refractivity contribution is -0.135. The summed E-state index contributed by atoms with van der Waals surface area (Å²) in [6.45, 7) is 2.57. The number of rotatable bonds is 3. The van der Waals surface area contributed by atoms with E-state index in [-0.39, 0.29) is 16.8 Å². The summed E-state index contributed by atoms with van der Waals surface area (Å²) in [4.78, 5) is 14.1. The van der Waals surface area contributed by atoms with Crippen molar-refractivity contribution in [2.75, 3.05) is 32.7 Å². The van der Waals surface area contributed by atoms with Gasteiger partial charge in [-0.1, -0.05) is 11.6 Å². The molecule has 0 aromatic heterocycles. The van der Waals surface area contributed by atoms with E-state index in [1.54, 1.807) is 12.1 Å². The summed E-state index contributed by atoms with van der Waals surface area (Å²) in [5, 5.41) is 3.55. The molecule has 1 amide bonds. The molecule has 2 aliphatic rings. The van der Waals surface area contributed by atoms with Gasteiger partial charge in [0.15, 0.2) is 0 Å². The van der Waals surface area contributed by atoms with Crippen LogP contribution >= 0.6 is 11.6 Å². The smallest absolute Gasteiger partial charge is 0.243 e. The first kappa shape index (κ1) is 16.7. The van der Waals surface area contributed by atoms with E-state index in [0.717, 1.165) is 19.4 Å². The van der Waals surface area contributed by atoms with Crippen LogP contribution in [0.2, 0.25) is 5.02 Å². The molecular formula is C15H20ClN3O3S. The molecule has 2 aliphatic heterocycles. The summed E-state index contributed by atoms with van der Waals surface area (Å²) in [6, 6.07) is 6.17. The predicted molar refractivity (Wildman–Crippen MR) is 87.8 cm³/mol. The molecule has 1 N–H and O–H groups in total. The fraction of sp³-hybridized carbons (Fsp3) is 0.533. The Morgan fingerprint density at radius 2 is 1.91 bits per heavy atom. The monoisotopic (exact) mass is 357 g/mol. The Hall–Kier alpha value is -1.15. The lowest BCUT2D eigenvalue weighted by atomic mass is 10.1. The first-order valence-corrected chi connectivity index (χ1v) is 9.56. The van der Waals surface area contributed by atoms with Gasteiger partial charge >= 0.3 is 0 Å². The van der Waals surface area contributed by atoms with Crippen molar-refractivity contribution < 1.29 is 13.2 Å². The SMILES string of the molecule is O=C1CNCCN1C1CCCN(S(=O)(=O)c2ccc(Cl)cc2)C1. The number of piperidine rings is 1. The minimum Gasteiger partial charge on any atom is -0.336 e. The van der Waals surface area contributed by atoms with E-state index in [0.29, 0.717) is 31.2 Å². The van der Waals surface area contributed by atoms with Gasteiger partial charge in [-0.05, 0) is 37.1 Å². The molecule has 0 radical (unpaired) electrons. The van der Waals surface area contributed by atoms with E-state index >= 15 is 0 Å². The van der Waals surface area contributed by atoms with Crippen molar-refractivity contribution in [1.29, 1.82) is 0 Å². The van der Waals surface area contributed by atoms with Gasteiger partial charge in [-0.15, -0.1) is 0 Å². The summed E-state index contributed by atoms with van der Waals surface area (Å²) >= 11 is 5.83. The molecule has 1 unspecified atom stereocenters. The highest BCUT2D eigenvalue weighted by atomic mass is 35.5. The Balaban J connectivity index is 1.77. The highest BCUT2D eigenvalue weighted by Gasteiger charge is 2.35. The molecule has 23 heavy (non-hydrogen) atoms. The van der Waals surface area contributed by atoms with Gasteiger partial charge in [-0.2, -0.15) is 4.31 Å². The number of carbonyl (C=O) groups is 1. The Bertz CT molecular complexity index is 678. The molecule has 2 saturated heterocycles. The Kier molecular flexibility index (Phi) is 4.91. The van der Waals surface area contributed by atoms with Crippen LogP contribution in [-0.4, -0.2) is 62.3 Å². The minimum atomic E-state index is -3.55. The maximum Gasteiger partial charge on any atom is 0.243 e. The first-order valence-electron chi connectivity index (χ1n) is 7.74. The number of carbonyl (C=O) groups excluding carboxylic acids is 1. The Labute approximate surface area is 141 Å². The average Bonchev–Trinajstić information content (AvgIpc) is 2.56. The van der Waals surface area contributed by atoms with Crippen LogP contribution in [-0.2, 0) is 14.8 Å². The highest BCUT2D eigenvalue weighted by Crippen LogP contribution is 2.24. The summed E-state index contributed by atoms with van der Waals surface area (Å²) in [6.07, 6.45) is 1.60. The van der Waals surface area contributed by atoms with Crippen molar-refractivity contribution in [3.05, 3.63) is 29.3 Å². The van der Waals surface area contributed by atoms with Gasteiger partial charge < -0.3 is 10.2 Å². The Morgan fingerprint density at radius 1 is 1.17 bits per heavy atom. The van der Waals surface area contributed by atoms with Gasteiger partial charge in [0.2, 0.25) is 15.9 Å². The molecule has 0 saturated carbocycles. The number of sulfonamides is 1. The third kappa shape index (κ3) is 3.52. The molecule has 1 atom stereocenters. The van der Waals surface area contributed by atoms with Gasteiger partial charge in [0, 0.05) is 37.2 Å². The number of piperazine rings is 1. The lowest BCUT2D eigenvalue weighted by Gasteiger charge is -2.40. The zero-order valence-corrected chi connectivity index (χ0v) is 14.3. The standard InChI is InChI=1S/C15H20ClN3O3S/c16-12-3-5-14(6-4-12)23(21,22)18-8-1-2-13(11-18)19-9-7-17-10-15(19)20/h3-6,13,17H,1-2,7-11H2. The van der Waals surface area contributed by atoms with E-state index in [4.69, 9.17) is 11.6 Å². The third-order valence-corrected chi connectivity index (χ3v) is 6.51. The molecule has 126 valence electrons. The van der Waals surface area contributed by atoms with Gasteiger partial charge in [0.1, 0.15) is 0 Å². The van der Waals surface area contributed by atoms with E-state index < -0.39 is 10.0 Å². The molecule has 2 heterocycles. The second-order valence-corrected chi connectivity index (χ2v) is 8.25. The molecule has 3 rings (SSSR count). The van der Waals surface area contributed by atoms with E-state index in [1.165, 1.54) is 16.4 Å². The fourth-order valence-corrected chi connectivity index (χ4v) is 4.80. The van der Waals surface area contributed by atoms with E-state index in [9.17, 15) is 13.2 Å². The van der Waals surface area contributed by atoms with Crippen LogP contribution in [0.25, 0.3) is 0 Å². The van der Waals surface area contributed by atoms with Gasteiger partial charge in [0.25, 0.3) is 0 Å². The maximum atomic E-state index is 12.8. The molecule has 0 aliphatic carbocycles. The van der Waals surface area contributed by atoms with Crippen molar-refractivity contribution in [3.63, 3.8) is 0 Å². The number of nitrogens with zero attached hydrogens (tertiary/aromatic N) is 2. The van der Waals surface area contributed by atoms with Crippen molar-refractivity contribution in [2.24, 2.45) is 0 Å². The van der Waals surface area contributed by atoms with Crippen molar-refractivity contribution in [2.45, 2.75) is 23.8 Å². The quantitative estimate of drug-likeness (QED) is 0.873. The number of nitrogens with one attached hydrogen (secondary N) is 1. The minimum absolute atomic E-state index is 0.0413. The largest absolute Gasteiger partial charge is 0.336 e.